The van der Waals surface area contributed by atoms with Crippen LogP contribution in [0.1, 0.15) is 5.56 Å². The van der Waals surface area contributed by atoms with Gasteiger partial charge in [-0.05, 0) is 11.8 Å². The number of hydrogen-bond acceptors (Lipinski definition) is 8. The third-order valence-electron chi connectivity index (χ3n) is 3.05. The lowest BCUT2D eigenvalue weighted by molar-refractivity contribution is -0.143. The first kappa shape index (κ1) is 21.5. The molecule has 140 valence electrons. The van der Waals surface area contributed by atoms with Crippen LogP contribution in [-0.4, -0.2) is 50.7 Å². The number of ether oxygens (including phenoxy) is 2. The van der Waals surface area contributed by atoms with Gasteiger partial charge in [0.1, 0.15) is 13.2 Å². The number of alkyl carbamates (subject to hydrolysis) is 1. The number of rotatable bonds is 10. The van der Waals surface area contributed by atoms with E-state index < -0.39 is 25.4 Å². The molecule has 1 aromatic rings. The highest BCUT2D eigenvalue weighted by Gasteiger charge is 2.43. The maximum absolute atomic E-state index is 12.5. The summed E-state index contributed by atoms with van der Waals surface area (Å²) < 4.78 is 32.1. The van der Waals surface area contributed by atoms with Crippen molar-refractivity contribution in [1.29, 1.82) is 0 Å². The lowest BCUT2D eigenvalue weighted by Gasteiger charge is -2.23. The molecule has 0 aliphatic rings. The summed E-state index contributed by atoms with van der Waals surface area (Å²) in [7, 11) is -1.71. The molecule has 0 bridgehead atoms. The summed E-state index contributed by atoms with van der Waals surface area (Å²) in [5.41, 5.74) is 0.762. The second kappa shape index (κ2) is 11.1. The third-order valence-corrected chi connectivity index (χ3v) is 5.61. The number of carbonyl (C=O) groups is 2. The SMILES string of the molecule is COP(=O)(OC)C(NC(=O)OCc1ccccc1)C(=O)OCCSC. The molecule has 0 spiro atoms. The molecule has 1 N–H and O–H groups in total. The average molecular weight is 391 g/mol. The highest BCUT2D eigenvalue weighted by atomic mass is 32.2. The van der Waals surface area contributed by atoms with Crippen LogP contribution in [0.25, 0.3) is 0 Å². The van der Waals surface area contributed by atoms with Gasteiger partial charge < -0.3 is 18.5 Å². The number of thioether (sulfide) groups is 1. The molecule has 0 heterocycles. The van der Waals surface area contributed by atoms with Gasteiger partial charge in [-0.2, -0.15) is 11.8 Å². The Kier molecular flexibility index (Phi) is 9.59. The maximum atomic E-state index is 12.5. The fourth-order valence-electron chi connectivity index (χ4n) is 1.73. The zero-order chi connectivity index (χ0) is 18.7. The van der Waals surface area contributed by atoms with E-state index in [1.54, 1.807) is 24.3 Å². The van der Waals surface area contributed by atoms with Crippen molar-refractivity contribution >= 4 is 31.4 Å². The minimum absolute atomic E-state index is 0.00875. The summed E-state index contributed by atoms with van der Waals surface area (Å²) in [6, 6.07) is 8.98. The fraction of sp³-hybridized carbons (Fsp3) is 0.467. The first-order valence-corrected chi connectivity index (χ1v) is 10.3. The van der Waals surface area contributed by atoms with Gasteiger partial charge in [0.25, 0.3) is 0 Å². The van der Waals surface area contributed by atoms with Gasteiger partial charge in [0.05, 0.1) is 0 Å². The van der Waals surface area contributed by atoms with Gasteiger partial charge >= 0.3 is 19.7 Å². The summed E-state index contributed by atoms with van der Waals surface area (Å²) in [4.78, 5) is 24.1. The van der Waals surface area contributed by atoms with Crippen LogP contribution in [0.3, 0.4) is 0 Å². The summed E-state index contributed by atoms with van der Waals surface area (Å²) >= 11 is 1.47. The molecule has 25 heavy (non-hydrogen) atoms. The van der Waals surface area contributed by atoms with Crippen molar-refractivity contribution in [2.45, 2.75) is 12.4 Å². The zero-order valence-corrected chi connectivity index (χ0v) is 16.0. The van der Waals surface area contributed by atoms with Crippen LogP contribution in [0.2, 0.25) is 0 Å². The number of benzene rings is 1. The molecular weight excluding hydrogens is 369 g/mol. The Labute approximate surface area is 151 Å². The Bertz CT molecular complexity index is 591. The van der Waals surface area contributed by atoms with E-state index in [2.05, 4.69) is 5.32 Å². The largest absolute Gasteiger partial charge is 0.463 e. The van der Waals surface area contributed by atoms with E-state index in [0.29, 0.717) is 5.75 Å². The van der Waals surface area contributed by atoms with E-state index >= 15 is 0 Å². The molecule has 0 aliphatic heterocycles. The van der Waals surface area contributed by atoms with E-state index in [-0.39, 0.29) is 13.2 Å². The monoisotopic (exact) mass is 391 g/mol. The molecule has 1 rings (SSSR count). The molecule has 0 aliphatic carbocycles. The van der Waals surface area contributed by atoms with Gasteiger partial charge in [0.15, 0.2) is 0 Å². The minimum atomic E-state index is -3.94. The lowest BCUT2D eigenvalue weighted by atomic mass is 10.2. The maximum Gasteiger partial charge on any atom is 0.408 e. The van der Waals surface area contributed by atoms with Crippen molar-refractivity contribution in [2.24, 2.45) is 0 Å². The highest BCUT2D eigenvalue weighted by molar-refractivity contribution is 7.98. The van der Waals surface area contributed by atoms with Crippen molar-refractivity contribution in [2.75, 3.05) is 32.8 Å². The molecule has 8 nitrogen and oxygen atoms in total. The number of amides is 1. The second-order valence-electron chi connectivity index (χ2n) is 4.67. The van der Waals surface area contributed by atoms with Gasteiger partial charge in [-0.1, -0.05) is 30.3 Å². The summed E-state index contributed by atoms with van der Waals surface area (Å²) in [5.74, 6) is -1.98. The van der Waals surface area contributed by atoms with Crippen LogP contribution in [0.5, 0.6) is 0 Å². The van der Waals surface area contributed by atoms with Crippen LogP contribution in [0, 0.1) is 0 Å². The first-order chi connectivity index (χ1) is 12.0. The standard InChI is InChI=1S/C15H22NO7PS/c1-20-24(19,21-2)13(14(17)22-9-10-25-3)16-15(18)23-11-12-7-5-4-6-8-12/h4-8,13H,9-11H2,1-3H3,(H,16,18). The van der Waals surface area contributed by atoms with Crippen LogP contribution in [0.15, 0.2) is 30.3 Å². The van der Waals surface area contributed by atoms with Crippen molar-refractivity contribution in [3.63, 3.8) is 0 Å². The van der Waals surface area contributed by atoms with Crippen molar-refractivity contribution in [3.8, 4) is 0 Å². The number of hydrogen-bond donors (Lipinski definition) is 1. The zero-order valence-electron chi connectivity index (χ0n) is 14.3. The second-order valence-corrected chi connectivity index (χ2v) is 7.99. The summed E-state index contributed by atoms with van der Waals surface area (Å²) in [6.07, 6.45) is 0.907. The van der Waals surface area contributed by atoms with E-state index in [1.165, 1.54) is 11.8 Å². The smallest absolute Gasteiger partial charge is 0.408 e. The summed E-state index contributed by atoms with van der Waals surface area (Å²) in [6.45, 7) is 0.0931. The van der Waals surface area contributed by atoms with Gasteiger partial charge in [-0.15, -0.1) is 0 Å². The van der Waals surface area contributed by atoms with Gasteiger partial charge in [-0.3, -0.25) is 9.88 Å². The van der Waals surface area contributed by atoms with E-state index in [1.807, 2.05) is 12.3 Å². The molecule has 0 fully saturated rings. The molecule has 1 unspecified atom stereocenters. The Morgan fingerprint density at radius 2 is 1.80 bits per heavy atom. The topological polar surface area (TPSA) is 100 Å². The van der Waals surface area contributed by atoms with Gasteiger partial charge in [-0.25, -0.2) is 9.59 Å². The molecule has 0 aromatic heterocycles. The van der Waals surface area contributed by atoms with E-state index in [0.717, 1.165) is 19.8 Å². The summed E-state index contributed by atoms with van der Waals surface area (Å²) in [5, 5.41) is 2.20. The van der Waals surface area contributed by atoms with Gasteiger partial charge in [0.2, 0.25) is 5.78 Å². The van der Waals surface area contributed by atoms with Crippen LogP contribution < -0.4 is 5.32 Å². The van der Waals surface area contributed by atoms with Crippen LogP contribution >= 0.6 is 19.4 Å². The quantitative estimate of drug-likeness (QED) is 0.369. The minimum Gasteiger partial charge on any atom is -0.463 e. The molecule has 1 amide bonds. The van der Waals surface area contributed by atoms with E-state index in [4.69, 9.17) is 18.5 Å². The Balaban J connectivity index is 2.73. The van der Waals surface area contributed by atoms with Crippen molar-refractivity contribution in [3.05, 3.63) is 35.9 Å². The molecule has 0 radical (unpaired) electrons. The van der Waals surface area contributed by atoms with Crippen LogP contribution in [0.4, 0.5) is 4.79 Å². The third kappa shape index (κ3) is 7.07. The molecule has 1 aromatic carbocycles. The predicted molar refractivity (Wildman–Crippen MR) is 94.5 cm³/mol. The molecule has 0 saturated heterocycles. The molecule has 0 saturated carbocycles. The average Bonchev–Trinajstić information content (AvgIpc) is 2.64. The molecule has 10 heteroatoms. The first-order valence-electron chi connectivity index (χ1n) is 7.30. The van der Waals surface area contributed by atoms with Gasteiger partial charge in [0, 0.05) is 20.0 Å². The van der Waals surface area contributed by atoms with Crippen LogP contribution in [-0.2, 0) is 34.5 Å². The number of esters is 1. The molecular formula is C15H22NO7PS. The Hall–Kier alpha value is -1.54. The lowest BCUT2D eigenvalue weighted by Crippen LogP contribution is -2.42. The van der Waals surface area contributed by atoms with Crippen molar-refractivity contribution in [1.82, 2.24) is 5.32 Å². The highest BCUT2D eigenvalue weighted by Crippen LogP contribution is 2.50. The fourth-order valence-corrected chi connectivity index (χ4v) is 3.15. The Morgan fingerprint density at radius 1 is 1.16 bits per heavy atom. The van der Waals surface area contributed by atoms with Crippen molar-refractivity contribution < 1.29 is 32.7 Å². The molecule has 1 atom stereocenters. The number of nitrogens with one attached hydrogen (secondary N) is 1. The predicted octanol–water partition coefficient (Wildman–Crippen LogP) is 2.63. The number of carbonyl (C=O) groups excluding carboxylic acids is 2. The Morgan fingerprint density at radius 3 is 2.36 bits per heavy atom. The van der Waals surface area contributed by atoms with E-state index in [9.17, 15) is 14.2 Å². The normalized spacial score (nSPS) is 12.3.